The number of carbonyl (C=O) groups excluding carboxylic acids is 15. The Morgan fingerprint density at radius 2 is 1.21 bits per heavy atom. The van der Waals surface area contributed by atoms with Crippen LogP contribution in [0.1, 0.15) is 109 Å². The number of methoxy groups -OCH3 is 1. The van der Waals surface area contributed by atoms with E-state index < -0.39 is 262 Å². The van der Waals surface area contributed by atoms with Crippen LogP contribution in [-0.4, -0.2) is 288 Å². The fourth-order valence-corrected chi connectivity index (χ4v) is 13.0. The lowest BCUT2D eigenvalue weighted by atomic mass is 10.0. The first kappa shape index (κ1) is 95.7. The Kier molecular flexibility index (Phi) is 36.8. The van der Waals surface area contributed by atoms with Crippen LogP contribution in [0.4, 0.5) is 0 Å². The lowest BCUT2D eigenvalue weighted by Gasteiger charge is -2.31. The van der Waals surface area contributed by atoms with Crippen molar-refractivity contribution in [3.05, 3.63) is 95.7 Å². The second kappa shape index (κ2) is 46.2. The van der Waals surface area contributed by atoms with E-state index in [-0.39, 0.29) is 74.2 Å². The van der Waals surface area contributed by atoms with E-state index in [0.29, 0.717) is 16.5 Å². The van der Waals surface area contributed by atoms with Gasteiger partial charge in [-0.05, 0) is 119 Å². The maximum Gasteiger partial charge on any atom is 0.326 e. The average molecular weight is 1690 g/mol. The van der Waals surface area contributed by atoms with Crippen molar-refractivity contribution in [1.29, 1.82) is 5.41 Å². The number of amides is 14. The largest absolute Gasteiger partial charge is 0.508 e. The molecule has 44 nitrogen and oxygen atoms in total. The number of carbonyl (C=O) groups is 17. The highest BCUT2D eigenvalue weighted by Gasteiger charge is 2.43. The van der Waals surface area contributed by atoms with Gasteiger partial charge in [0.15, 0.2) is 12.1 Å². The highest BCUT2D eigenvalue weighted by molar-refractivity contribution is 6.02. The Hall–Kier alpha value is -13.1. The lowest BCUT2D eigenvalue weighted by Crippen LogP contribution is -2.63. The van der Waals surface area contributed by atoms with E-state index >= 15 is 9.59 Å². The van der Waals surface area contributed by atoms with Crippen LogP contribution in [0.15, 0.2) is 79.0 Å². The molecule has 44 heteroatoms. The van der Waals surface area contributed by atoms with Crippen molar-refractivity contribution >= 4 is 117 Å². The average Bonchev–Trinajstić information content (AvgIpc) is 1.61. The third kappa shape index (κ3) is 29.2. The zero-order chi connectivity index (χ0) is 88.8. The van der Waals surface area contributed by atoms with Crippen LogP contribution in [0.25, 0.3) is 10.9 Å². The fourth-order valence-electron chi connectivity index (χ4n) is 13.0. The van der Waals surface area contributed by atoms with Crippen LogP contribution >= 0.6 is 0 Å². The number of phenols is 2. The molecule has 120 heavy (non-hydrogen) atoms. The maximum absolute atomic E-state index is 15.3. The van der Waals surface area contributed by atoms with Crippen molar-refractivity contribution in [2.24, 2.45) is 5.73 Å². The van der Waals surface area contributed by atoms with Gasteiger partial charge in [-0.25, -0.2) is 4.79 Å². The van der Waals surface area contributed by atoms with E-state index in [4.69, 9.17) is 15.9 Å². The van der Waals surface area contributed by atoms with Gasteiger partial charge in [0.2, 0.25) is 76.8 Å². The monoisotopic (exact) mass is 1680 g/mol. The third-order valence-electron chi connectivity index (χ3n) is 19.4. The molecule has 0 bridgehead atoms. The number of hydrogen-bond acceptors (Lipinski definition) is 25. The molecule has 2 aliphatic rings. The number of aliphatic hydroxyl groups is 4. The minimum absolute atomic E-state index is 0.0897. The predicted octanol–water partition coefficient (Wildman–Crippen LogP) is -7.35. The number of carboxylic acid groups (broad SMARTS) is 2. The molecule has 26 N–H and O–H groups in total. The number of aromatic nitrogens is 1. The molecule has 6 rings (SSSR count). The van der Waals surface area contributed by atoms with Gasteiger partial charge in [-0.3, -0.25) is 82.1 Å². The quantitative estimate of drug-likeness (QED) is 0.00998. The summed E-state index contributed by atoms with van der Waals surface area (Å²) in [4.78, 5) is 243. The summed E-state index contributed by atoms with van der Waals surface area (Å²) >= 11 is 0. The number of ether oxygens (including phenoxy) is 1. The summed E-state index contributed by atoms with van der Waals surface area (Å²) in [7, 11) is 0.974. The molecule has 4 unspecified atom stereocenters. The van der Waals surface area contributed by atoms with Crippen molar-refractivity contribution in [2.75, 3.05) is 33.4 Å². The number of guanidine groups is 1. The minimum Gasteiger partial charge on any atom is -0.508 e. The van der Waals surface area contributed by atoms with Crippen molar-refractivity contribution in [3.63, 3.8) is 0 Å². The van der Waals surface area contributed by atoms with Crippen molar-refractivity contribution in [3.8, 4) is 11.5 Å². The molecule has 0 saturated carbocycles. The first-order chi connectivity index (χ1) is 56.8. The standard InChI is InChI=1S/C76H104N18O26/c1-36(82-70(113)58(37(2)96)83-39(4)98)62(105)92-59(38(3)97)71(114)86-48(15-10-28-80-76(77)78)63(106)84-47-14-8-9-27-79-73(116)61(104)60(72(115)90-53(75(118)119)31-41-19-23-44(100)24-20-41)93-65(108)49(25-26-57(103)120-5)85-66(109)50(32-42-34-81-46-13-7-6-12-45(42)46)87-67(110)51(33-56(101)102)88-68(111)54(35-95)91-69(112)55-16-11-29-94(55)74(117)52(89-64(47)107)30-40-17-21-43(99)22-18-40/h6-7,12-13,17-24,34,36-38,47-55,58-61,81,95-97,99-100,104H,8-11,14-16,25-33,35H2,1-5H3,(H,79,116)(H,82,113)(H,83,98)(H,84,106)(H,85,109)(H,86,114)(H,87,110)(H,88,111)(H,89,107)(H,90,115)(H,91,112)(H,92,105)(H,93,108)(H,101,102)(H,118,119)(H4,77,78,80)/t36-,37+,38+,47-,48-,49+,50+,51-,52-,53-,54-,55?,58?,59?,60?,61+/m0/s1. The smallest absolute Gasteiger partial charge is 0.326 e. The second-order valence-corrected chi connectivity index (χ2v) is 28.8. The van der Waals surface area contributed by atoms with Crippen molar-refractivity contribution < 1.29 is 127 Å². The van der Waals surface area contributed by atoms with E-state index in [9.17, 15) is 113 Å². The predicted molar refractivity (Wildman–Crippen MR) is 418 cm³/mol. The van der Waals surface area contributed by atoms with Gasteiger partial charge in [-0.2, -0.15) is 0 Å². The van der Waals surface area contributed by atoms with E-state index in [2.05, 4.69) is 79.4 Å². The second-order valence-electron chi connectivity index (χ2n) is 28.8. The highest BCUT2D eigenvalue weighted by Crippen LogP contribution is 2.24. The number of fused-ring (bicyclic) bond motifs is 2. The number of hydrogen-bond donors (Lipinski definition) is 25. The van der Waals surface area contributed by atoms with Crippen LogP contribution < -0.4 is 80.2 Å². The van der Waals surface area contributed by atoms with Crippen LogP contribution in [0.2, 0.25) is 0 Å². The topological polar surface area (TPSA) is 699 Å². The molecule has 2 saturated heterocycles. The first-order valence-electron chi connectivity index (χ1n) is 38.3. The number of aliphatic hydroxyl groups excluding tert-OH is 4. The molecule has 14 amide bonds. The lowest BCUT2D eigenvalue weighted by molar-refractivity contribution is -0.145. The van der Waals surface area contributed by atoms with Gasteiger partial charge in [0.1, 0.15) is 90.0 Å². The van der Waals surface area contributed by atoms with Crippen LogP contribution in [0, 0.1) is 5.41 Å². The van der Waals surface area contributed by atoms with Crippen LogP contribution in [-0.2, 0) is 106 Å². The molecule has 3 heterocycles. The normalized spacial score (nSPS) is 21.9. The van der Waals surface area contributed by atoms with Gasteiger partial charge in [0.25, 0.3) is 5.91 Å². The van der Waals surface area contributed by atoms with E-state index in [1.165, 1.54) is 61.7 Å². The maximum atomic E-state index is 15.3. The molecule has 2 aliphatic heterocycles. The molecule has 2 fully saturated rings. The number of nitrogens with zero attached hydrogens (tertiary/aromatic N) is 1. The van der Waals surface area contributed by atoms with Crippen molar-refractivity contribution in [1.82, 2.24) is 84.3 Å². The fraction of sp³-hybridized carbons (Fsp3) is 0.500. The molecule has 0 aliphatic carbocycles. The number of benzene rings is 3. The van der Waals surface area contributed by atoms with Gasteiger partial charge < -0.3 is 136 Å². The molecular weight excluding hydrogens is 1580 g/mol. The van der Waals surface area contributed by atoms with E-state index in [0.717, 1.165) is 32.8 Å². The number of phenolic OH excluding ortho intramolecular Hbond substituents is 2. The Morgan fingerprint density at radius 3 is 1.82 bits per heavy atom. The summed E-state index contributed by atoms with van der Waals surface area (Å²) in [6, 6.07) is -7.61. The number of H-pyrrole nitrogens is 1. The summed E-state index contributed by atoms with van der Waals surface area (Å²) in [5.41, 5.74) is 6.83. The Balaban J connectivity index is 1.45. The number of nitrogens with two attached hydrogens (primary N) is 1. The summed E-state index contributed by atoms with van der Waals surface area (Å²) in [6.45, 7) is 2.40. The Labute approximate surface area is 686 Å². The van der Waals surface area contributed by atoms with Gasteiger partial charge in [0.05, 0.1) is 32.3 Å². The summed E-state index contributed by atoms with van der Waals surface area (Å²) in [5.74, 6) is -22.5. The zero-order valence-corrected chi connectivity index (χ0v) is 66.2. The molecule has 0 spiro atoms. The number of aliphatic carboxylic acids is 2. The molecule has 16 atom stereocenters. The SMILES string of the molecule is COC(=O)CC[C@H]1NC(=O)[C@@H](Cc2c[nH]c3ccccc23)NC(=O)[C@H](CC(=O)O)NC(=O)[C@H](CO)NC(=O)C2CCCN2C(=O)[C@H](Cc2ccc(O)cc2)NC(=O)[C@@H](NC(=O)[C@H](CCCNC(=N)N)NC(=O)C(NC(=O)[C@H](C)NC(=O)C(NC(C)=O)[C@@H](C)O)[C@@H](C)O)CCCCNC(=O)[C@H](O)C(C(=O)N[C@@H](Cc2ccc(O)cc2)C(=O)O)NC1=O. The number of carboxylic acids is 2. The summed E-state index contributed by atoms with van der Waals surface area (Å²) in [5, 5.41) is 126. The number of rotatable bonds is 30. The van der Waals surface area contributed by atoms with Gasteiger partial charge in [-0.15, -0.1) is 0 Å². The third-order valence-corrected chi connectivity index (χ3v) is 19.4. The summed E-state index contributed by atoms with van der Waals surface area (Å²) in [6.07, 6.45) is -10.1. The summed E-state index contributed by atoms with van der Waals surface area (Å²) < 4.78 is 4.79. The Bertz CT molecular complexity index is 4350. The zero-order valence-electron chi connectivity index (χ0n) is 66.2. The van der Waals surface area contributed by atoms with E-state index in [1.54, 1.807) is 24.3 Å². The molecular formula is C76H104N18O26. The number of nitrogens with one attached hydrogen (secondary N) is 16. The van der Waals surface area contributed by atoms with Gasteiger partial charge in [0, 0.05) is 69.3 Å². The minimum atomic E-state index is -2.72. The highest BCUT2D eigenvalue weighted by atomic mass is 16.5. The van der Waals surface area contributed by atoms with Crippen molar-refractivity contribution in [2.45, 2.75) is 208 Å². The molecule has 654 valence electrons. The Morgan fingerprint density at radius 1 is 0.625 bits per heavy atom. The van der Waals surface area contributed by atoms with E-state index in [1.807, 2.05) is 0 Å². The molecule has 3 aromatic carbocycles. The number of aromatic hydroxyl groups is 2. The first-order valence-corrected chi connectivity index (χ1v) is 38.3. The molecule has 4 aromatic rings. The molecule has 0 radical (unpaired) electrons. The molecule has 1 aromatic heterocycles. The van der Waals surface area contributed by atoms with Gasteiger partial charge in [-0.1, -0.05) is 42.5 Å². The number of para-hydroxylation sites is 1. The number of esters is 1. The van der Waals surface area contributed by atoms with Crippen LogP contribution in [0.3, 0.4) is 0 Å². The van der Waals surface area contributed by atoms with Gasteiger partial charge >= 0.3 is 17.9 Å². The number of aromatic amines is 1. The van der Waals surface area contributed by atoms with Crippen LogP contribution in [0.5, 0.6) is 11.5 Å².